The number of pyridine rings is 1. The number of benzene rings is 2. The van der Waals surface area contributed by atoms with Crippen LogP contribution in [0.25, 0.3) is 5.69 Å². The lowest BCUT2D eigenvalue weighted by Gasteiger charge is -2.30. The molecule has 2 atom stereocenters. The maximum absolute atomic E-state index is 9.77. The molecule has 172 valence electrons. The number of nitrogens with zero attached hydrogens (tertiary/aromatic N) is 3. The highest BCUT2D eigenvalue weighted by Crippen LogP contribution is 2.45. The van der Waals surface area contributed by atoms with E-state index in [9.17, 15) is 5.11 Å². The van der Waals surface area contributed by atoms with E-state index in [0.29, 0.717) is 16.6 Å². The van der Waals surface area contributed by atoms with Crippen LogP contribution in [0, 0.1) is 0 Å². The van der Waals surface area contributed by atoms with Crippen LogP contribution in [0.5, 0.6) is 17.2 Å². The molecule has 3 heterocycles. The Morgan fingerprint density at radius 3 is 2.50 bits per heavy atom. The zero-order valence-corrected chi connectivity index (χ0v) is 19.6. The SMILES string of the molecule is COc1ccc(N2C(=S)N[C@@H](c3ccccn3)[C@@H]2c2cccn2-c2ccc(O)cc2)c(OC)c1. The third kappa shape index (κ3) is 3.82. The zero-order chi connectivity index (χ0) is 23.7. The van der Waals surface area contributed by atoms with Crippen LogP contribution in [0.15, 0.2) is 85.2 Å². The van der Waals surface area contributed by atoms with E-state index in [4.69, 9.17) is 21.7 Å². The second kappa shape index (κ2) is 9.07. The van der Waals surface area contributed by atoms with Crippen LogP contribution >= 0.6 is 12.2 Å². The first-order valence-corrected chi connectivity index (χ1v) is 11.2. The lowest BCUT2D eigenvalue weighted by atomic mass is 10.0. The quantitative estimate of drug-likeness (QED) is 0.392. The second-order valence-corrected chi connectivity index (χ2v) is 8.24. The molecule has 0 spiro atoms. The van der Waals surface area contributed by atoms with E-state index in [2.05, 4.69) is 25.8 Å². The van der Waals surface area contributed by atoms with Gasteiger partial charge in [-0.3, -0.25) is 4.98 Å². The Kier molecular flexibility index (Phi) is 5.81. The van der Waals surface area contributed by atoms with E-state index in [0.717, 1.165) is 22.8 Å². The molecule has 2 aromatic carbocycles. The average molecular weight is 473 g/mol. The van der Waals surface area contributed by atoms with Crippen LogP contribution in [-0.2, 0) is 0 Å². The van der Waals surface area contributed by atoms with Crippen LogP contribution in [0.1, 0.15) is 23.5 Å². The van der Waals surface area contributed by atoms with Crippen molar-refractivity contribution in [2.24, 2.45) is 0 Å². The molecular formula is C26H24N4O3S. The van der Waals surface area contributed by atoms with Crippen molar-refractivity contribution in [1.29, 1.82) is 0 Å². The summed E-state index contributed by atoms with van der Waals surface area (Å²) in [5.74, 6) is 1.57. The van der Waals surface area contributed by atoms with Crippen LogP contribution < -0.4 is 19.7 Å². The van der Waals surface area contributed by atoms with Gasteiger partial charge in [-0.05, 0) is 72.9 Å². The fourth-order valence-electron chi connectivity index (χ4n) is 4.38. The summed E-state index contributed by atoms with van der Waals surface area (Å²) in [7, 11) is 3.26. The normalized spacial score (nSPS) is 17.5. The van der Waals surface area contributed by atoms with Crippen LogP contribution in [0.4, 0.5) is 5.69 Å². The monoisotopic (exact) mass is 472 g/mol. The summed E-state index contributed by atoms with van der Waals surface area (Å²) in [5.41, 5.74) is 3.63. The number of rotatable bonds is 6. The molecule has 1 fully saturated rings. The van der Waals surface area contributed by atoms with E-state index in [-0.39, 0.29) is 17.8 Å². The number of aromatic nitrogens is 2. The van der Waals surface area contributed by atoms with Crippen LogP contribution in [-0.4, -0.2) is 34.0 Å². The fourth-order valence-corrected chi connectivity index (χ4v) is 4.72. The predicted octanol–water partition coefficient (Wildman–Crippen LogP) is 4.77. The number of nitrogens with one attached hydrogen (secondary N) is 1. The summed E-state index contributed by atoms with van der Waals surface area (Å²) in [6, 6.07) is 22.3. The molecule has 1 aliphatic heterocycles. The van der Waals surface area contributed by atoms with E-state index >= 15 is 0 Å². The van der Waals surface area contributed by atoms with Crippen molar-refractivity contribution in [2.75, 3.05) is 19.1 Å². The summed E-state index contributed by atoms with van der Waals surface area (Å²) in [4.78, 5) is 6.69. The van der Waals surface area contributed by atoms with Crippen molar-refractivity contribution < 1.29 is 14.6 Å². The third-order valence-corrected chi connectivity index (χ3v) is 6.27. The first kappa shape index (κ1) is 21.8. The van der Waals surface area contributed by atoms with Crippen LogP contribution in [0.3, 0.4) is 0 Å². The number of methoxy groups -OCH3 is 2. The molecule has 34 heavy (non-hydrogen) atoms. The van der Waals surface area contributed by atoms with Crippen molar-refractivity contribution in [3.8, 4) is 22.9 Å². The smallest absolute Gasteiger partial charge is 0.174 e. The molecular weight excluding hydrogens is 448 g/mol. The lowest BCUT2D eigenvalue weighted by molar-refractivity contribution is 0.394. The summed E-state index contributed by atoms with van der Waals surface area (Å²) in [5, 5.41) is 13.8. The molecule has 0 aliphatic carbocycles. The minimum Gasteiger partial charge on any atom is -0.508 e. The zero-order valence-electron chi connectivity index (χ0n) is 18.8. The highest BCUT2D eigenvalue weighted by Gasteiger charge is 2.43. The number of anilines is 1. The average Bonchev–Trinajstić information content (AvgIpc) is 3.49. The Morgan fingerprint density at radius 1 is 0.971 bits per heavy atom. The van der Waals surface area contributed by atoms with Crippen molar-refractivity contribution in [3.63, 3.8) is 0 Å². The standard InChI is InChI=1S/C26H24N4O3S/c1-32-19-12-13-21(23(16-19)33-2)30-25(24(28-26(30)34)20-6-3-4-14-27-20)22-7-5-15-29(22)17-8-10-18(31)11-9-17/h3-16,24-25,31H,1-2H3,(H,28,34)/t24-,25-/m0/s1. The Balaban J connectivity index is 1.68. The minimum atomic E-state index is -0.228. The first-order chi connectivity index (χ1) is 16.6. The number of phenols is 1. The topological polar surface area (TPSA) is 71.8 Å². The minimum absolute atomic E-state index is 0.203. The molecule has 1 aliphatic rings. The number of phenolic OH excluding ortho intramolecular Hbond substituents is 1. The number of ether oxygens (including phenoxy) is 2. The van der Waals surface area contributed by atoms with Gasteiger partial charge in [-0.1, -0.05) is 6.07 Å². The summed E-state index contributed by atoms with van der Waals surface area (Å²) in [6.45, 7) is 0. The van der Waals surface area contributed by atoms with Crippen molar-refractivity contribution in [1.82, 2.24) is 14.9 Å². The second-order valence-electron chi connectivity index (χ2n) is 7.85. The van der Waals surface area contributed by atoms with E-state index < -0.39 is 0 Å². The van der Waals surface area contributed by atoms with E-state index in [1.165, 1.54) is 0 Å². The number of aromatic hydroxyl groups is 1. The Bertz CT molecular complexity index is 1310. The molecule has 0 unspecified atom stereocenters. The van der Waals surface area contributed by atoms with Gasteiger partial charge in [0.2, 0.25) is 0 Å². The molecule has 8 heteroatoms. The summed E-state index contributed by atoms with van der Waals surface area (Å²) >= 11 is 5.85. The van der Waals surface area contributed by atoms with Gasteiger partial charge in [0.15, 0.2) is 5.11 Å². The molecule has 0 radical (unpaired) electrons. The van der Waals surface area contributed by atoms with Crippen molar-refractivity contribution in [2.45, 2.75) is 12.1 Å². The maximum atomic E-state index is 9.77. The van der Waals surface area contributed by atoms with Gasteiger partial charge in [-0.15, -0.1) is 0 Å². The van der Waals surface area contributed by atoms with Gasteiger partial charge >= 0.3 is 0 Å². The Labute approximate surface area is 203 Å². The predicted molar refractivity (Wildman–Crippen MR) is 135 cm³/mol. The van der Waals surface area contributed by atoms with Gasteiger partial charge in [-0.2, -0.15) is 0 Å². The third-order valence-electron chi connectivity index (χ3n) is 5.96. The molecule has 2 aromatic heterocycles. The largest absolute Gasteiger partial charge is 0.508 e. The van der Waals surface area contributed by atoms with Gasteiger partial charge in [0.25, 0.3) is 0 Å². The lowest BCUT2D eigenvalue weighted by Crippen LogP contribution is -2.30. The molecule has 4 aromatic rings. The highest BCUT2D eigenvalue weighted by atomic mass is 32.1. The van der Waals surface area contributed by atoms with E-state index in [1.807, 2.05) is 60.8 Å². The van der Waals surface area contributed by atoms with Gasteiger partial charge in [-0.25, -0.2) is 0 Å². The number of thiocarbonyl (C=S) groups is 1. The highest BCUT2D eigenvalue weighted by molar-refractivity contribution is 7.80. The molecule has 7 nitrogen and oxygen atoms in total. The molecule has 0 amide bonds. The van der Waals surface area contributed by atoms with Crippen molar-refractivity contribution >= 4 is 23.0 Å². The van der Waals surface area contributed by atoms with Gasteiger partial charge < -0.3 is 29.4 Å². The molecule has 0 bridgehead atoms. The van der Waals surface area contributed by atoms with Gasteiger partial charge in [0, 0.05) is 29.8 Å². The van der Waals surface area contributed by atoms with Crippen LogP contribution in [0.2, 0.25) is 0 Å². The van der Waals surface area contributed by atoms with Gasteiger partial charge in [0.1, 0.15) is 23.3 Å². The fraction of sp³-hybridized carbons (Fsp3) is 0.154. The van der Waals surface area contributed by atoms with Gasteiger partial charge in [0.05, 0.1) is 31.6 Å². The molecule has 2 N–H and O–H groups in total. The first-order valence-electron chi connectivity index (χ1n) is 10.8. The molecule has 5 rings (SSSR count). The van der Waals surface area contributed by atoms with E-state index in [1.54, 1.807) is 32.5 Å². The summed E-state index contributed by atoms with van der Waals surface area (Å²) < 4.78 is 13.2. The summed E-state index contributed by atoms with van der Waals surface area (Å²) in [6.07, 6.45) is 3.79. The Hall–Kier alpha value is -4.04. The Morgan fingerprint density at radius 2 is 1.79 bits per heavy atom. The number of hydrogen-bond donors (Lipinski definition) is 2. The maximum Gasteiger partial charge on any atom is 0.174 e. The van der Waals surface area contributed by atoms with Crippen molar-refractivity contribution in [3.05, 3.63) is 96.6 Å². The molecule has 1 saturated heterocycles. The molecule has 0 saturated carbocycles. The number of hydrogen-bond acceptors (Lipinski definition) is 5.